The maximum absolute atomic E-state index is 5.47. The molecule has 0 atom stereocenters. The Morgan fingerprint density at radius 3 is 2.96 bits per heavy atom. The molecular weight excluding hydrogens is 322 g/mol. The van der Waals surface area contributed by atoms with Crippen LogP contribution in [0, 0.1) is 0 Å². The number of nitrogens with one attached hydrogen (secondary N) is 1. The Morgan fingerprint density at radius 2 is 2.17 bits per heavy atom. The van der Waals surface area contributed by atoms with Crippen LogP contribution in [0.3, 0.4) is 0 Å². The summed E-state index contributed by atoms with van der Waals surface area (Å²) in [5.74, 6) is 1.34. The van der Waals surface area contributed by atoms with E-state index in [0.29, 0.717) is 12.5 Å². The summed E-state index contributed by atoms with van der Waals surface area (Å²) in [5, 5.41) is 7.84. The highest BCUT2D eigenvalue weighted by atomic mass is 32.1. The molecule has 124 valence electrons. The van der Waals surface area contributed by atoms with Gasteiger partial charge in [0.1, 0.15) is 5.82 Å². The zero-order chi connectivity index (χ0) is 16.4. The van der Waals surface area contributed by atoms with Gasteiger partial charge in [-0.05, 0) is 24.5 Å². The Morgan fingerprint density at radius 1 is 1.29 bits per heavy atom. The van der Waals surface area contributed by atoms with Crippen molar-refractivity contribution in [3.05, 3.63) is 48.0 Å². The minimum Gasteiger partial charge on any atom is -0.381 e. The number of anilines is 1. The van der Waals surface area contributed by atoms with Gasteiger partial charge in [-0.3, -0.25) is 4.98 Å². The number of pyridine rings is 1. The summed E-state index contributed by atoms with van der Waals surface area (Å²) >= 11 is 4.49. The van der Waals surface area contributed by atoms with Crippen molar-refractivity contribution in [2.75, 3.05) is 18.5 Å². The molecule has 0 saturated carbocycles. The molecular formula is C17H19N5OS. The molecule has 1 aliphatic heterocycles. The van der Waals surface area contributed by atoms with Crippen LogP contribution in [0.15, 0.2) is 41.7 Å². The largest absolute Gasteiger partial charge is 0.381 e. The summed E-state index contributed by atoms with van der Waals surface area (Å²) < 4.78 is 7.28. The second-order valence-corrected chi connectivity index (χ2v) is 6.41. The molecule has 0 unspecified atom stereocenters. The third-order valence-corrected chi connectivity index (χ3v) is 4.62. The van der Waals surface area contributed by atoms with Crippen molar-refractivity contribution in [1.82, 2.24) is 19.6 Å². The Kier molecular flexibility index (Phi) is 4.36. The summed E-state index contributed by atoms with van der Waals surface area (Å²) in [6, 6.07) is 6.08. The van der Waals surface area contributed by atoms with Gasteiger partial charge in [-0.1, -0.05) is 6.07 Å². The van der Waals surface area contributed by atoms with E-state index in [4.69, 9.17) is 9.72 Å². The lowest BCUT2D eigenvalue weighted by atomic mass is 9.96. The van der Waals surface area contributed by atoms with Crippen molar-refractivity contribution in [3.63, 3.8) is 0 Å². The number of hydrogen-bond donors (Lipinski definition) is 2. The van der Waals surface area contributed by atoms with Crippen molar-refractivity contribution >= 4 is 24.1 Å². The third kappa shape index (κ3) is 3.09. The van der Waals surface area contributed by atoms with Crippen LogP contribution in [-0.4, -0.2) is 32.8 Å². The highest BCUT2D eigenvalue weighted by Gasteiger charge is 2.20. The number of rotatable bonds is 4. The molecule has 0 spiro atoms. The lowest BCUT2D eigenvalue weighted by molar-refractivity contribution is 0.0845. The van der Waals surface area contributed by atoms with Gasteiger partial charge < -0.3 is 10.1 Å². The van der Waals surface area contributed by atoms with E-state index in [1.54, 1.807) is 12.4 Å². The zero-order valence-electron chi connectivity index (χ0n) is 13.2. The van der Waals surface area contributed by atoms with E-state index in [2.05, 4.69) is 34.1 Å². The number of hydrogen-bond acceptors (Lipinski definition) is 6. The van der Waals surface area contributed by atoms with Crippen LogP contribution in [0.1, 0.15) is 30.0 Å². The van der Waals surface area contributed by atoms with Crippen LogP contribution in [0.5, 0.6) is 0 Å². The van der Waals surface area contributed by atoms with Gasteiger partial charge in [0, 0.05) is 49.8 Å². The van der Waals surface area contributed by atoms with E-state index in [-0.39, 0.29) is 0 Å². The second-order valence-electron chi connectivity index (χ2n) is 5.93. The smallest absolute Gasteiger partial charge is 0.171 e. The molecule has 1 fully saturated rings. The Balaban J connectivity index is 1.67. The Labute approximate surface area is 145 Å². The van der Waals surface area contributed by atoms with Gasteiger partial charge in [0.15, 0.2) is 5.65 Å². The fourth-order valence-corrected chi connectivity index (χ4v) is 3.19. The van der Waals surface area contributed by atoms with E-state index in [1.807, 2.05) is 22.8 Å². The summed E-state index contributed by atoms with van der Waals surface area (Å²) in [4.78, 5) is 9.73. The lowest BCUT2D eigenvalue weighted by Gasteiger charge is -2.22. The van der Waals surface area contributed by atoms with Crippen LogP contribution < -0.4 is 5.32 Å². The minimum atomic E-state index is 0.422. The average molecular weight is 341 g/mol. The van der Waals surface area contributed by atoms with Crippen molar-refractivity contribution in [2.24, 2.45) is 0 Å². The predicted molar refractivity (Wildman–Crippen MR) is 94.6 cm³/mol. The van der Waals surface area contributed by atoms with Crippen LogP contribution in [0.25, 0.3) is 5.65 Å². The first kappa shape index (κ1) is 15.4. The number of aromatic nitrogens is 4. The SMILES string of the molecule is Sc1cnn2c(NCc3cccnc3)cc(C3CCOCC3)nc12. The van der Waals surface area contributed by atoms with E-state index < -0.39 is 0 Å². The summed E-state index contributed by atoms with van der Waals surface area (Å²) in [7, 11) is 0. The molecule has 0 amide bonds. The molecule has 4 rings (SSSR count). The molecule has 24 heavy (non-hydrogen) atoms. The number of thiol groups is 1. The van der Waals surface area contributed by atoms with E-state index in [9.17, 15) is 0 Å². The first-order chi connectivity index (χ1) is 11.8. The molecule has 0 bridgehead atoms. The van der Waals surface area contributed by atoms with Gasteiger partial charge in [-0.15, -0.1) is 12.6 Å². The first-order valence-electron chi connectivity index (χ1n) is 8.09. The van der Waals surface area contributed by atoms with Gasteiger partial charge in [-0.2, -0.15) is 9.61 Å². The fraction of sp³-hybridized carbons (Fsp3) is 0.353. The predicted octanol–water partition coefficient (Wildman–Crippen LogP) is 2.92. The number of fused-ring (bicyclic) bond motifs is 1. The summed E-state index contributed by atoms with van der Waals surface area (Å²) in [6.45, 7) is 2.27. The normalized spacial score (nSPS) is 15.7. The highest BCUT2D eigenvalue weighted by Crippen LogP contribution is 2.29. The standard InChI is InChI=1S/C17H19N5OS/c24-15-11-20-22-16(19-10-12-2-1-5-18-9-12)8-14(21-17(15)22)13-3-6-23-7-4-13/h1-2,5,8-9,11,13,19,24H,3-4,6-7,10H2. The Hall–Kier alpha value is -2.12. The molecule has 3 aromatic heterocycles. The maximum atomic E-state index is 5.47. The molecule has 3 aromatic rings. The van der Waals surface area contributed by atoms with Crippen molar-refractivity contribution in [1.29, 1.82) is 0 Å². The van der Waals surface area contributed by atoms with Crippen molar-refractivity contribution < 1.29 is 4.74 Å². The Bertz CT molecular complexity index is 830. The lowest BCUT2D eigenvalue weighted by Crippen LogP contribution is -2.16. The molecule has 1 saturated heterocycles. The molecule has 1 aliphatic rings. The monoisotopic (exact) mass is 341 g/mol. The van der Waals surface area contributed by atoms with Crippen molar-refractivity contribution in [2.45, 2.75) is 30.2 Å². The second kappa shape index (κ2) is 6.78. The molecule has 6 nitrogen and oxygen atoms in total. The van der Waals surface area contributed by atoms with Crippen molar-refractivity contribution in [3.8, 4) is 0 Å². The molecule has 0 aromatic carbocycles. The van der Waals surface area contributed by atoms with Gasteiger partial charge in [0.25, 0.3) is 0 Å². The molecule has 1 N–H and O–H groups in total. The van der Waals surface area contributed by atoms with Crippen LogP contribution in [-0.2, 0) is 11.3 Å². The van der Waals surface area contributed by atoms with E-state index in [1.165, 1.54) is 0 Å². The third-order valence-electron chi connectivity index (χ3n) is 4.31. The van der Waals surface area contributed by atoms with Crippen LogP contribution >= 0.6 is 12.6 Å². The molecule has 0 radical (unpaired) electrons. The average Bonchev–Trinajstić information content (AvgIpc) is 3.02. The molecule has 4 heterocycles. The quantitative estimate of drug-likeness (QED) is 0.715. The number of ether oxygens (including phenoxy) is 1. The van der Waals surface area contributed by atoms with Crippen LogP contribution in [0.2, 0.25) is 0 Å². The number of nitrogens with zero attached hydrogens (tertiary/aromatic N) is 4. The topological polar surface area (TPSA) is 64.3 Å². The minimum absolute atomic E-state index is 0.422. The van der Waals surface area contributed by atoms with Gasteiger partial charge >= 0.3 is 0 Å². The maximum Gasteiger partial charge on any atom is 0.171 e. The van der Waals surface area contributed by atoms with Gasteiger partial charge in [-0.25, -0.2) is 4.98 Å². The molecule has 0 aliphatic carbocycles. The first-order valence-corrected chi connectivity index (χ1v) is 8.54. The fourth-order valence-electron chi connectivity index (χ4n) is 2.99. The summed E-state index contributed by atoms with van der Waals surface area (Å²) in [5.41, 5.74) is 2.99. The van der Waals surface area contributed by atoms with Gasteiger partial charge in [0.2, 0.25) is 0 Å². The molecule has 7 heteroatoms. The van der Waals surface area contributed by atoms with E-state index >= 15 is 0 Å². The van der Waals surface area contributed by atoms with E-state index in [0.717, 1.165) is 53.7 Å². The van der Waals surface area contributed by atoms with Crippen LogP contribution in [0.4, 0.5) is 5.82 Å². The summed E-state index contributed by atoms with van der Waals surface area (Å²) in [6.07, 6.45) is 7.37. The zero-order valence-corrected chi connectivity index (χ0v) is 14.1. The highest BCUT2D eigenvalue weighted by molar-refractivity contribution is 7.80. The van der Waals surface area contributed by atoms with Gasteiger partial charge in [0.05, 0.1) is 11.1 Å².